The van der Waals surface area contributed by atoms with Gasteiger partial charge in [-0.15, -0.1) is 0 Å². The van der Waals surface area contributed by atoms with Gasteiger partial charge in [0.1, 0.15) is 0 Å². The SMILES string of the molecule is CCC(CCO)NCc1ccc2cc[nH]c2c1. The molecular formula is C14H20N2O. The zero-order valence-electron chi connectivity index (χ0n) is 10.2. The lowest BCUT2D eigenvalue weighted by Crippen LogP contribution is -2.28. The van der Waals surface area contributed by atoms with Gasteiger partial charge in [0.05, 0.1) is 0 Å². The van der Waals surface area contributed by atoms with Gasteiger partial charge < -0.3 is 15.4 Å². The van der Waals surface area contributed by atoms with E-state index in [0.29, 0.717) is 6.04 Å². The Morgan fingerprint density at radius 3 is 3.00 bits per heavy atom. The van der Waals surface area contributed by atoms with Crippen molar-refractivity contribution < 1.29 is 5.11 Å². The standard InChI is InChI=1S/C14H20N2O/c1-2-13(6-8-17)16-10-11-3-4-12-5-7-15-14(12)9-11/h3-5,7,9,13,15-17H,2,6,8,10H2,1H3. The van der Waals surface area contributed by atoms with E-state index in [2.05, 4.69) is 41.5 Å². The van der Waals surface area contributed by atoms with E-state index in [1.165, 1.54) is 16.5 Å². The molecule has 3 heteroatoms. The fourth-order valence-electron chi connectivity index (χ4n) is 2.07. The normalized spacial score (nSPS) is 13.1. The molecule has 2 rings (SSSR count). The first kappa shape index (κ1) is 12.1. The number of aliphatic hydroxyl groups excluding tert-OH is 1. The molecule has 0 bridgehead atoms. The second-order valence-corrected chi connectivity index (χ2v) is 4.40. The summed E-state index contributed by atoms with van der Waals surface area (Å²) in [7, 11) is 0. The Balaban J connectivity index is 1.97. The van der Waals surface area contributed by atoms with Crippen molar-refractivity contribution in [3.8, 4) is 0 Å². The number of H-pyrrole nitrogens is 1. The van der Waals surface area contributed by atoms with Crippen LogP contribution in [-0.4, -0.2) is 22.7 Å². The second kappa shape index (κ2) is 5.84. The summed E-state index contributed by atoms with van der Waals surface area (Å²) in [5.74, 6) is 0. The van der Waals surface area contributed by atoms with E-state index in [-0.39, 0.29) is 6.61 Å². The van der Waals surface area contributed by atoms with E-state index < -0.39 is 0 Å². The number of aromatic amines is 1. The Hall–Kier alpha value is -1.32. The monoisotopic (exact) mass is 232 g/mol. The predicted molar refractivity (Wildman–Crippen MR) is 70.9 cm³/mol. The number of hydrogen-bond donors (Lipinski definition) is 3. The number of rotatable bonds is 6. The summed E-state index contributed by atoms with van der Waals surface area (Å²) >= 11 is 0. The minimum Gasteiger partial charge on any atom is -0.396 e. The Labute approximate surface area is 102 Å². The van der Waals surface area contributed by atoms with Gasteiger partial charge in [-0.3, -0.25) is 0 Å². The van der Waals surface area contributed by atoms with Gasteiger partial charge in [0.2, 0.25) is 0 Å². The summed E-state index contributed by atoms with van der Waals surface area (Å²) in [6.07, 6.45) is 3.83. The Morgan fingerprint density at radius 2 is 2.24 bits per heavy atom. The maximum Gasteiger partial charge on any atom is 0.0457 e. The van der Waals surface area contributed by atoms with Crippen LogP contribution in [0.2, 0.25) is 0 Å². The van der Waals surface area contributed by atoms with Crippen molar-refractivity contribution in [1.82, 2.24) is 10.3 Å². The van der Waals surface area contributed by atoms with Crippen LogP contribution < -0.4 is 5.32 Å². The van der Waals surface area contributed by atoms with Gasteiger partial charge >= 0.3 is 0 Å². The van der Waals surface area contributed by atoms with E-state index in [9.17, 15) is 0 Å². The molecule has 0 amide bonds. The van der Waals surface area contributed by atoms with E-state index in [0.717, 1.165) is 19.4 Å². The minimum absolute atomic E-state index is 0.251. The van der Waals surface area contributed by atoms with Gasteiger partial charge in [-0.25, -0.2) is 0 Å². The molecule has 0 fully saturated rings. The van der Waals surface area contributed by atoms with Crippen molar-refractivity contribution in [2.75, 3.05) is 6.61 Å². The fraction of sp³-hybridized carbons (Fsp3) is 0.429. The fourth-order valence-corrected chi connectivity index (χ4v) is 2.07. The molecule has 0 saturated carbocycles. The van der Waals surface area contributed by atoms with Crippen molar-refractivity contribution in [2.24, 2.45) is 0 Å². The molecule has 17 heavy (non-hydrogen) atoms. The molecule has 0 aliphatic rings. The highest BCUT2D eigenvalue weighted by molar-refractivity contribution is 5.79. The van der Waals surface area contributed by atoms with Gasteiger partial charge in [-0.05, 0) is 35.9 Å². The number of fused-ring (bicyclic) bond motifs is 1. The van der Waals surface area contributed by atoms with Gasteiger partial charge in [-0.1, -0.05) is 19.1 Å². The first-order chi connectivity index (χ1) is 8.33. The molecule has 0 aliphatic carbocycles. The van der Waals surface area contributed by atoms with E-state index in [1.54, 1.807) is 0 Å². The molecular weight excluding hydrogens is 212 g/mol. The second-order valence-electron chi connectivity index (χ2n) is 4.40. The van der Waals surface area contributed by atoms with Crippen molar-refractivity contribution in [3.63, 3.8) is 0 Å². The molecule has 1 aromatic heterocycles. The Bertz CT molecular complexity index is 464. The zero-order chi connectivity index (χ0) is 12.1. The number of hydrogen-bond acceptors (Lipinski definition) is 2. The third-order valence-corrected chi connectivity index (χ3v) is 3.18. The lowest BCUT2D eigenvalue weighted by molar-refractivity contribution is 0.262. The van der Waals surface area contributed by atoms with Crippen molar-refractivity contribution in [1.29, 1.82) is 0 Å². The van der Waals surface area contributed by atoms with E-state index in [1.807, 2.05) is 6.20 Å². The molecule has 0 spiro atoms. The number of aliphatic hydroxyl groups is 1. The minimum atomic E-state index is 0.251. The summed E-state index contributed by atoms with van der Waals surface area (Å²) in [5, 5.41) is 13.6. The molecule has 0 saturated heterocycles. The van der Waals surface area contributed by atoms with Crippen LogP contribution in [0.1, 0.15) is 25.3 Å². The first-order valence-electron chi connectivity index (χ1n) is 6.23. The third kappa shape index (κ3) is 3.08. The maximum atomic E-state index is 8.93. The molecule has 0 radical (unpaired) electrons. The number of aromatic nitrogens is 1. The lowest BCUT2D eigenvalue weighted by Gasteiger charge is -2.15. The largest absolute Gasteiger partial charge is 0.396 e. The van der Waals surface area contributed by atoms with Crippen molar-refractivity contribution >= 4 is 10.9 Å². The first-order valence-corrected chi connectivity index (χ1v) is 6.23. The molecule has 1 atom stereocenters. The van der Waals surface area contributed by atoms with E-state index >= 15 is 0 Å². The van der Waals surface area contributed by atoms with Gasteiger partial charge in [0.25, 0.3) is 0 Å². The third-order valence-electron chi connectivity index (χ3n) is 3.18. The molecule has 1 heterocycles. The zero-order valence-corrected chi connectivity index (χ0v) is 10.2. The van der Waals surface area contributed by atoms with Crippen LogP contribution in [0.3, 0.4) is 0 Å². The van der Waals surface area contributed by atoms with Crippen LogP contribution in [0.15, 0.2) is 30.5 Å². The smallest absolute Gasteiger partial charge is 0.0457 e. The maximum absolute atomic E-state index is 8.93. The summed E-state index contributed by atoms with van der Waals surface area (Å²) in [4.78, 5) is 3.22. The molecule has 1 aromatic carbocycles. The van der Waals surface area contributed by atoms with Gasteiger partial charge in [0, 0.05) is 30.9 Å². The van der Waals surface area contributed by atoms with Crippen LogP contribution >= 0.6 is 0 Å². The van der Waals surface area contributed by atoms with E-state index in [4.69, 9.17) is 5.11 Å². The van der Waals surface area contributed by atoms with Crippen LogP contribution in [0.25, 0.3) is 10.9 Å². The summed E-state index contributed by atoms with van der Waals surface area (Å²) in [6.45, 7) is 3.25. The Kier molecular flexibility index (Phi) is 4.18. The molecule has 3 nitrogen and oxygen atoms in total. The van der Waals surface area contributed by atoms with Crippen molar-refractivity contribution in [3.05, 3.63) is 36.0 Å². The summed E-state index contributed by atoms with van der Waals surface area (Å²) in [5.41, 5.74) is 2.45. The van der Waals surface area contributed by atoms with Gasteiger partial charge in [0.15, 0.2) is 0 Å². The average Bonchev–Trinajstić information content (AvgIpc) is 2.81. The molecule has 0 aliphatic heterocycles. The average molecular weight is 232 g/mol. The van der Waals surface area contributed by atoms with Crippen LogP contribution in [0.5, 0.6) is 0 Å². The molecule has 3 N–H and O–H groups in total. The number of nitrogens with one attached hydrogen (secondary N) is 2. The van der Waals surface area contributed by atoms with Crippen LogP contribution in [0, 0.1) is 0 Å². The van der Waals surface area contributed by atoms with Gasteiger partial charge in [-0.2, -0.15) is 0 Å². The quantitative estimate of drug-likeness (QED) is 0.716. The topological polar surface area (TPSA) is 48.0 Å². The highest BCUT2D eigenvalue weighted by Crippen LogP contribution is 2.14. The molecule has 2 aromatic rings. The van der Waals surface area contributed by atoms with Crippen LogP contribution in [0.4, 0.5) is 0 Å². The predicted octanol–water partition coefficient (Wildman–Crippen LogP) is 2.42. The highest BCUT2D eigenvalue weighted by Gasteiger charge is 2.04. The summed E-state index contributed by atoms with van der Waals surface area (Å²) < 4.78 is 0. The molecule has 92 valence electrons. The summed E-state index contributed by atoms with van der Waals surface area (Å²) in [6, 6.07) is 8.94. The highest BCUT2D eigenvalue weighted by atomic mass is 16.3. The van der Waals surface area contributed by atoms with Crippen molar-refractivity contribution in [2.45, 2.75) is 32.4 Å². The lowest BCUT2D eigenvalue weighted by atomic mass is 10.1. The van der Waals surface area contributed by atoms with Crippen LogP contribution in [-0.2, 0) is 6.54 Å². The number of benzene rings is 1. The molecule has 1 unspecified atom stereocenters. The Morgan fingerprint density at radius 1 is 1.35 bits per heavy atom.